The molecule has 4 fully saturated rings. The largest absolute Gasteiger partial charge is 0.493 e. The topological polar surface area (TPSA) is 370 Å². The molecule has 135 heavy (non-hydrogen) atoms. The number of rotatable bonds is 27. The maximum Gasteiger partial charge on any atom is 0.409 e. The highest BCUT2D eigenvalue weighted by molar-refractivity contribution is 7.97. The number of amides is 3. The van der Waals surface area contributed by atoms with Gasteiger partial charge in [-0.05, 0) is 219 Å². The minimum Gasteiger partial charge on any atom is -0.493 e. The second-order valence-corrected chi connectivity index (χ2v) is 45.2. The molecule has 4 N–H and O–H groups in total. The quantitative estimate of drug-likeness (QED) is 0.0122. The van der Waals surface area contributed by atoms with E-state index in [1.807, 2.05) is 40.7 Å². The SMILES string of the molecule is C=C(/C=C(\CC(=O)NS(=O)(=O)c1cc2c(c([N+](=O)[O-])c1)C[C@@H](CC1CCN(C(=O)OC)CC1)CO2)Oc1cnc2[nH]ccc2c1)N1CCN(CC2=C(c3ccc(Cl)cc3)CC(C)(C)CC2)CC1.C=S(C)(=O)N1CCC(C[C@H]2COc3cc(S(=O)(=O)NC(=O)c4ccc(N5CCN(CC6=C(c7ccc(Cl)cc7)CC(C)(C)CC6)CC5)cc4Oc4cnc5[nH]ccc5c4)cc([N+](=O)[O-])c3C2)CC1. The van der Waals surface area contributed by atoms with Gasteiger partial charge in [0.1, 0.15) is 45.8 Å². The fourth-order valence-corrected chi connectivity index (χ4v) is 23.2. The number of aromatic nitrogens is 4. The average molecular weight is 1940 g/mol. The Morgan fingerprint density at radius 1 is 0.600 bits per heavy atom. The minimum atomic E-state index is -4.66. The summed E-state index contributed by atoms with van der Waals surface area (Å²) in [5, 5.41) is 27.9. The van der Waals surface area contributed by atoms with E-state index in [4.69, 9.17) is 46.9 Å². The molecule has 0 radical (unpaired) electrons. The van der Waals surface area contributed by atoms with Gasteiger partial charge in [-0.2, -0.15) is 0 Å². The highest BCUT2D eigenvalue weighted by Gasteiger charge is 2.39. The lowest BCUT2D eigenvalue weighted by molar-refractivity contribution is -0.386. The summed E-state index contributed by atoms with van der Waals surface area (Å²) in [6.45, 7) is 24.3. The van der Waals surface area contributed by atoms with Gasteiger partial charge in [0.15, 0.2) is 0 Å². The number of halogens is 2. The smallest absolute Gasteiger partial charge is 0.409 e. The van der Waals surface area contributed by atoms with E-state index in [0.717, 1.165) is 155 Å². The first-order valence-corrected chi connectivity index (χ1v) is 51.8. The summed E-state index contributed by atoms with van der Waals surface area (Å²) >= 11 is 12.5. The number of sulfonamides is 2. The number of nitrogens with zero attached hydrogens (tertiary/aromatic N) is 10. The molecule has 8 aliphatic rings. The Morgan fingerprint density at radius 2 is 1.08 bits per heavy atom. The van der Waals surface area contributed by atoms with Gasteiger partial charge in [-0.1, -0.05) is 92.9 Å². The number of allylic oxidation sites excluding steroid dienone is 3. The summed E-state index contributed by atoms with van der Waals surface area (Å²) < 4.78 is 104. The predicted octanol–water partition coefficient (Wildman–Crippen LogP) is 17.2. The number of carbonyl (C=O) groups is 3. The van der Waals surface area contributed by atoms with E-state index in [0.29, 0.717) is 117 Å². The normalized spacial score (nSPS) is 19.9. The number of benzene rings is 5. The van der Waals surface area contributed by atoms with Crippen LogP contribution in [0.4, 0.5) is 21.9 Å². The van der Waals surface area contributed by atoms with Crippen molar-refractivity contribution >= 4 is 127 Å². The Labute approximate surface area is 797 Å². The molecule has 10 heterocycles. The van der Waals surface area contributed by atoms with Crippen LogP contribution in [0.5, 0.6) is 28.7 Å². The van der Waals surface area contributed by atoms with Crippen molar-refractivity contribution < 1.29 is 69.0 Å². The van der Waals surface area contributed by atoms with Crippen LogP contribution in [0.3, 0.4) is 0 Å². The highest BCUT2D eigenvalue weighted by Crippen LogP contribution is 2.48. The fraction of sp³-hybridized carbons (Fsp3) is 0.434. The van der Waals surface area contributed by atoms with Gasteiger partial charge in [0.05, 0.1) is 75.5 Å². The van der Waals surface area contributed by atoms with Gasteiger partial charge >= 0.3 is 6.09 Å². The summed E-state index contributed by atoms with van der Waals surface area (Å²) in [6.07, 6.45) is 20.7. The summed E-state index contributed by atoms with van der Waals surface area (Å²) in [5.41, 5.74) is 11.1. The molecule has 0 bridgehead atoms. The number of likely N-dealkylation sites (tertiary alicyclic amines) is 1. The van der Waals surface area contributed by atoms with Crippen LogP contribution in [0.1, 0.15) is 144 Å². The number of piperidine rings is 2. The van der Waals surface area contributed by atoms with Crippen molar-refractivity contribution in [3.05, 3.63) is 233 Å². The van der Waals surface area contributed by atoms with Crippen LogP contribution in [0.2, 0.25) is 10.0 Å². The molecule has 36 heteroatoms. The Bertz CT molecular complexity index is 6470. The maximum absolute atomic E-state index is 14.1. The molecule has 1 unspecified atom stereocenters. The Balaban J connectivity index is 0.000000196. The number of pyridine rings is 2. The molecule has 4 aromatic heterocycles. The molecule has 716 valence electrons. The second-order valence-electron chi connectivity index (χ2n) is 38.5. The van der Waals surface area contributed by atoms with Gasteiger partial charge in [0.25, 0.3) is 37.3 Å². The number of H-pyrrole nitrogens is 2. The van der Waals surface area contributed by atoms with Crippen molar-refractivity contribution in [2.45, 2.75) is 134 Å². The number of nitrogens with one attached hydrogen (secondary N) is 4. The van der Waals surface area contributed by atoms with E-state index < -0.39 is 73.3 Å². The highest BCUT2D eigenvalue weighted by atomic mass is 35.5. The summed E-state index contributed by atoms with van der Waals surface area (Å²) in [5.74, 6) is 3.57. The van der Waals surface area contributed by atoms with Crippen molar-refractivity contribution in [3.8, 4) is 28.7 Å². The second kappa shape index (κ2) is 40.9. The summed E-state index contributed by atoms with van der Waals surface area (Å²) in [6, 6.07) is 33.0. The molecular weight excluding hydrogens is 1820 g/mol. The van der Waals surface area contributed by atoms with E-state index in [-0.39, 0.29) is 76.2 Å². The third kappa shape index (κ3) is 23.8. The van der Waals surface area contributed by atoms with Gasteiger partial charge in [-0.25, -0.2) is 45.3 Å². The van der Waals surface area contributed by atoms with Gasteiger partial charge < -0.3 is 48.4 Å². The minimum absolute atomic E-state index is 0.0231. The number of aromatic amines is 2. The predicted molar refractivity (Wildman–Crippen MR) is 523 cm³/mol. The molecule has 0 saturated carbocycles. The number of piperazine rings is 2. The standard InChI is InChI=1S/C50H58ClN7O8S2.C49H58ClN7O9S/c1-50(2)15-11-37(44(29-50)35-5-7-38(51)8-6-35)31-55-19-21-56(22-20-55)39-9-10-42(47(26-39)66-40-25-36-12-16-52-48(36)53-30-40)49(59)54-68(63,64)41-27-45(58(60)61)43-24-34(32-65-46(43)28-41)23-33-13-17-57(18-14-33)67(3,4)62;1-32(55-19-17-54(18-20-55)30-37-9-13-49(2,3)28-43(37)35-5-7-38(50)8-6-35)21-39(66-40-24-36-10-14-51-47(36)52-29-40)25-46(58)53-67(62,63)41-26-44(57(60)61)42-23-34(31-65-45(42)27-41)22-33-11-15-56(16-12-33)48(59)64-4/h5-10,12,16,25-28,30,33-34H,3,11,13-15,17-24,29,31-32H2,1-2,4H3,(H,52,53)(H,54,59);5-8,10,14,21,24,26-27,29,33-34H,1,9,11-13,15-20,22-23,25,28,30-31H2,2-4H3,(H,51,52)(H,53,58)/b;39-21+/t34-,67?;34-/m11/s1. The zero-order valence-corrected chi connectivity index (χ0v) is 80.9. The Kier molecular flexibility index (Phi) is 29.3. The third-order valence-corrected chi connectivity index (χ3v) is 32.1. The number of hydrogen-bond donors (Lipinski definition) is 4. The molecule has 0 spiro atoms. The van der Waals surface area contributed by atoms with E-state index in [1.54, 1.807) is 60.0 Å². The molecule has 3 atom stereocenters. The number of nitro benzene ring substituents is 2. The van der Waals surface area contributed by atoms with Crippen molar-refractivity contribution in [2.75, 3.05) is 123 Å². The molecule has 17 rings (SSSR count). The maximum atomic E-state index is 14.1. The van der Waals surface area contributed by atoms with Gasteiger partial charge in [-0.15, -0.1) is 0 Å². The van der Waals surface area contributed by atoms with E-state index >= 15 is 0 Å². The number of anilines is 1. The zero-order valence-electron chi connectivity index (χ0n) is 76.9. The first-order chi connectivity index (χ1) is 64.4. The molecule has 31 nitrogen and oxygen atoms in total. The number of ether oxygens (including phenoxy) is 5. The molecular formula is C99H116Cl2N14O17S3. The lowest BCUT2D eigenvalue weighted by Gasteiger charge is -2.39. The Hall–Kier alpha value is -11.4. The number of fused-ring (bicyclic) bond motifs is 4. The molecule has 2 aliphatic carbocycles. The number of hydrogen-bond acceptors (Lipinski definition) is 23. The van der Waals surface area contributed by atoms with Crippen LogP contribution >= 0.6 is 23.2 Å². The summed E-state index contributed by atoms with van der Waals surface area (Å²) in [7, 11) is -10.2. The third-order valence-electron chi connectivity index (χ3n) is 27.4. The van der Waals surface area contributed by atoms with E-state index in [1.165, 1.54) is 65.1 Å². The van der Waals surface area contributed by atoms with Crippen molar-refractivity contribution in [2.24, 2.45) is 34.5 Å². The average Bonchev–Trinajstić information content (AvgIpc) is 1.66. The zero-order chi connectivity index (χ0) is 95.4. The van der Waals surface area contributed by atoms with Gasteiger partial charge in [0, 0.05) is 183 Å². The first-order valence-electron chi connectivity index (χ1n) is 45.9. The van der Waals surface area contributed by atoms with Crippen LogP contribution in [0.15, 0.2) is 185 Å². The Morgan fingerprint density at radius 3 is 1.58 bits per heavy atom. The molecule has 4 saturated heterocycles. The lowest BCUT2D eigenvalue weighted by atomic mass is 9.72. The van der Waals surface area contributed by atoms with E-state index in [2.05, 4.69) is 113 Å². The number of methoxy groups -OCH3 is 1. The number of carbonyl (C=O) groups excluding carboxylic acids is 3. The lowest BCUT2D eigenvalue weighted by Crippen LogP contribution is -2.47. The molecule has 6 aliphatic heterocycles. The number of nitro groups is 2. The van der Waals surface area contributed by atoms with Crippen LogP contribution in [0, 0.1) is 54.7 Å². The summed E-state index contributed by atoms with van der Waals surface area (Å²) in [4.78, 5) is 88.3. The molecule has 9 aromatic rings. The first kappa shape index (κ1) is 96.7. The monoisotopic (exact) mass is 1940 g/mol. The molecule has 3 amide bonds. The van der Waals surface area contributed by atoms with Crippen LogP contribution in [0.25, 0.3) is 33.2 Å². The van der Waals surface area contributed by atoms with Crippen LogP contribution in [-0.2, 0) is 52.1 Å². The van der Waals surface area contributed by atoms with Gasteiger partial charge in [0.2, 0.25) is 5.91 Å². The van der Waals surface area contributed by atoms with Crippen molar-refractivity contribution in [3.63, 3.8) is 0 Å². The molecule has 5 aromatic carbocycles. The van der Waals surface area contributed by atoms with Gasteiger partial charge in [-0.3, -0.25) is 43.8 Å². The van der Waals surface area contributed by atoms with Crippen LogP contribution in [-0.4, -0.2) is 217 Å². The fourth-order valence-electron chi connectivity index (χ4n) is 20.0. The van der Waals surface area contributed by atoms with Crippen molar-refractivity contribution in [1.82, 2.24) is 53.3 Å². The van der Waals surface area contributed by atoms with E-state index in [9.17, 15) is 55.7 Å². The van der Waals surface area contributed by atoms with Crippen molar-refractivity contribution in [1.29, 1.82) is 0 Å². The van der Waals surface area contributed by atoms with Crippen LogP contribution < -0.4 is 33.3 Å².